The Labute approximate surface area is 305 Å². The van der Waals surface area contributed by atoms with Gasteiger partial charge in [-0.05, 0) is 136 Å². The van der Waals surface area contributed by atoms with E-state index in [1.165, 1.54) is 128 Å². The Hall–Kier alpha value is -1.42. The van der Waals surface area contributed by atoms with Gasteiger partial charge in [-0.2, -0.15) is 0 Å². The van der Waals surface area contributed by atoms with Crippen LogP contribution in [0.25, 0.3) is 0 Å². The van der Waals surface area contributed by atoms with Crippen molar-refractivity contribution in [2.45, 2.75) is 172 Å². The second kappa shape index (κ2) is 14.8. The van der Waals surface area contributed by atoms with Crippen molar-refractivity contribution in [2.75, 3.05) is 0 Å². The largest absolute Gasteiger partial charge is 0.374 e. The van der Waals surface area contributed by atoms with Gasteiger partial charge in [0.2, 0.25) is 0 Å². The second-order valence-corrected chi connectivity index (χ2v) is 19.1. The number of hydrogen-bond acceptors (Lipinski definition) is 3. The number of hydrogen-bond donors (Lipinski definition) is 2. The fourth-order valence-corrected chi connectivity index (χ4v) is 14.5. The van der Waals surface area contributed by atoms with Crippen LogP contribution in [0.4, 0.5) is 0 Å². The molecule has 7 aliphatic carbocycles. The van der Waals surface area contributed by atoms with Gasteiger partial charge in [-0.15, -0.1) is 0 Å². The molecule has 3 N–H and O–H groups in total. The highest BCUT2D eigenvalue weighted by atomic mass is 16.5. The maximum Gasteiger partial charge on any atom is 0.0615 e. The summed E-state index contributed by atoms with van der Waals surface area (Å²) in [5.41, 5.74) is 11.2. The molecule has 1 saturated heterocycles. The molecule has 3 nitrogen and oxygen atoms in total. The van der Waals surface area contributed by atoms with Gasteiger partial charge in [-0.1, -0.05) is 112 Å². The van der Waals surface area contributed by atoms with E-state index in [9.17, 15) is 0 Å². The second-order valence-electron chi connectivity index (χ2n) is 19.1. The molecular weight excluding hydrogens is 609 g/mol. The minimum Gasteiger partial charge on any atom is -0.374 e. The molecule has 9 aliphatic rings. The first-order valence-corrected chi connectivity index (χ1v) is 22.2. The predicted molar refractivity (Wildman–Crippen MR) is 207 cm³/mol. The normalized spacial score (nSPS) is 49.2. The maximum atomic E-state index is 7.45. The molecule has 14 unspecified atom stereocenters. The molecule has 0 radical (unpaired) electrons. The van der Waals surface area contributed by atoms with E-state index >= 15 is 0 Å². The minimum absolute atomic E-state index is 0.133. The van der Waals surface area contributed by atoms with E-state index in [4.69, 9.17) is 10.5 Å². The summed E-state index contributed by atoms with van der Waals surface area (Å²) in [4.78, 5) is 0. The first-order valence-electron chi connectivity index (χ1n) is 22.2. The molecule has 274 valence electrons. The number of nitrogens with two attached hydrogens (primary N) is 1. The molecule has 0 aromatic carbocycles. The summed E-state index contributed by atoms with van der Waals surface area (Å²) >= 11 is 0. The molecule has 0 amide bonds. The molecule has 9 rings (SSSR count). The number of rotatable bonds is 5. The third-order valence-electron chi connectivity index (χ3n) is 16.7. The smallest absolute Gasteiger partial charge is 0.0615 e. The van der Waals surface area contributed by atoms with Crippen LogP contribution in [0.2, 0.25) is 0 Å². The monoisotopic (exact) mass is 679 g/mol. The van der Waals surface area contributed by atoms with Crippen molar-refractivity contribution in [1.82, 2.24) is 5.32 Å². The van der Waals surface area contributed by atoms with E-state index in [-0.39, 0.29) is 11.5 Å². The quantitative estimate of drug-likeness (QED) is 0.285. The van der Waals surface area contributed by atoms with Crippen molar-refractivity contribution >= 4 is 0 Å². The van der Waals surface area contributed by atoms with Gasteiger partial charge in [0, 0.05) is 29.5 Å². The fourth-order valence-electron chi connectivity index (χ4n) is 14.5. The van der Waals surface area contributed by atoms with E-state index in [2.05, 4.69) is 60.8 Å². The van der Waals surface area contributed by atoms with E-state index < -0.39 is 0 Å². The van der Waals surface area contributed by atoms with Crippen molar-refractivity contribution in [3.8, 4) is 0 Å². The summed E-state index contributed by atoms with van der Waals surface area (Å²) in [5, 5.41) is 4.43. The van der Waals surface area contributed by atoms with Crippen molar-refractivity contribution in [3.63, 3.8) is 0 Å². The van der Waals surface area contributed by atoms with Gasteiger partial charge in [0.05, 0.1) is 12.2 Å². The highest BCUT2D eigenvalue weighted by Crippen LogP contribution is 2.65. The molecule has 0 aromatic rings. The van der Waals surface area contributed by atoms with Crippen molar-refractivity contribution < 1.29 is 4.74 Å². The highest BCUT2D eigenvalue weighted by molar-refractivity contribution is 5.34. The molecule has 0 aromatic heterocycles. The summed E-state index contributed by atoms with van der Waals surface area (Å²) in [7, 11) is 0. The molecule has 3 heteroatoms. The summed E-state index contributed by atoms with van der Waals surface area (Å²) in [6.45, 7) is 2.61. The lowest BCUT2D eigenvalue weighted by atomic mass is 9.45. The average Bonchev–Trinajstić information content (AvgIpc) is 3.17. The third kappa shape index (κ3) is 6.14. The Morgan fingerprint density at radius 1 is 0.700 bits per heavy atom. The van der Waals surface area contributed by atoms with Gasteiger partial charge in [0.1, 0.15) is 0 Å². The van der Waals surface area contributed by atoms with Crippen molar-refractivity contribution in [2.24, 2.45) is 64.4 Å². The standard InChI is InChI=1S/C47H70N2O/c1-31-14-5-8-21-39(31)47(40-22-9-11-24-43(40)50-44-25-12-10-23-41(44)47)37-20-13-19-35(29-37)42-30-38(33-16-3-2-4-17-33)45(48)46(49-42)36-27-26-32-15-6-7-18-34(32)28-36/h2-4,13,16,20-21,30-37,40-46,49H,5-12,14-15,17-19,22-29,48H2,1H3. The highest BCUT2D eigenvalue weighted by Gasteiger charge is 2.62. The van der Waals surface area contributed by atoms with Crippen LogP contribution in [0.3, 0.4) is 0 Å². The SMILES string of the molecule is CC1CCCC=C1C1(C2C=CCC(C3C=C(C4C=CC=CC4)C(N)C(C4CCC5CCCCC5C4)N3)C2)C2CCCCC2OC2CCCCC21. The Morgan fingerprint density at radius 3 is 2.20 bits per heavy atom. The lowest BCUT2D eigenvalue weighted by Crippen LogP contribution is -2.62. The molecule has 14 atom stereocenters. The number of nitrogens with one attached hydrogen (secondary N) is 1. The zero-order valence-corrected chi connectivity index (χ0v) is 31.5. The maximum absolute atomic E-state index is 7.45. The van der Waals surface area contributed by atoms with Gasteiger partial charge < -0.3 is 15.8 Å². The Morgan fingerprint density at radius 2 is 1.44 bits per heavy atom. The summed E-state index contributed by atoms with van der Waals surface area (Å²) in [6.07, 6.45) is 49.9. The molecule has 4 saturated carbocycles. The van der Waals surface area contributed by atoms with Crippen molar-refractivity contribution in [1.29, 1.82) is 0 Å². The van der Waals surface area contributed by atoms with Crippen LogP contribution in [-0.2, 0) is 4.74 Å². The lowest BCUT2D eigenvalue weighted by Gasteiger charge is -2.64. The van der Waals surface area contributed by atoms with Gasteiger partial charge in [0.25, 0.3) is 0 Å². The average molecular weight is 679 g/mol. The van der Waals surface area contributed by atoms with Crippen LogP contribution >= 0.6 is 0 Å². The first-order chi connectivity index (χ1) is 24.6. The summed E-state index contributed by atoms with van der Waals surface area (Å²) in [6, 6.07) is 0.966. The zero-order valence-electron chi connectivity index (χ0n) is 31.5. The molecule has 2 heterocycles. The minimum atomic E-state index is 0.133. The molecule has 5 fully saturated rings. The van der Waals surface area contributed by atoms with Crippen LogP contribution in [0.5, 0.6) is 0 Å². The molecule has 50 heavy (non-hydrogen) atoms. The molecule has 0 spiro atoms. The Bertz CT molecular complexity index is 1330. The van der Waals surface area contributed by atoms with E-state index in [0.717, 1.165) is 24.2 Å². The number of ether oxygens (including phenoxy) is 1. The Kier molecular flexibility index (Phi) is 10.2. The van der Waals surface area contributed by atoms with Crippen LogP contribution < -0.4 is 11.1 Å². The summed E-state index contributed by atoms with van der Waals surface area (Å²) in [5.74, 6) is 6.45. The van der Waals surface area contributed by atoms with Crippen molar-refractivity contribution in [3.05, 3.63) is 59.8 Å². The van der Waals surface area contributed by atoms with Gasteiger partial charge in [0.15, 0.2) is 0 Å². The molecule has 0 bridgehead atoms. The van der Waals surface area contributed by atoms with E-state index in [1.54, 1.807) is 5.57 Å². The fraction of sp³-hybridized carbons (Fsp3) is 0.787. The zero-order chi connectivity index (χ0) is 33.7. The van der Waals surface area contributed by atoms with Gasteiger partial charge in [-0.3, -0.25) is 0 Å². The first kappa shape index (κ1) is 34.4. The molecule has 2 aliphatic heterocycles. The number of allylic oxidation sites excluding steroid dienone is 8. The van der Waals surface area contributed by atoms with Crippen LogP contribution in [0.15, 0.2) is 59.8 Å². The molecular formula is C47H70N2O. The third-order valence-corrected chi connectivity index (χ3v) is 16.7. The summed E-state index contributed by atoms with van der Waals surface area (Å²) < 4.78 is 7.22. The van der Waals surface area contributed by atoms with Gasteiger partial charge >= 0.3 is 0 Å². The van der Waals surface area contributed by atoms with Crippen LogP contribution in [-0.4, -0.2) is 30.3 Å². The van der Waals surface area contributed by atoms with E-state index in [0.29, 0.717) is 59.8 Å². The predicted octanol–water partition coefficient (Wildman–Crippen LogP) is 10.8. The number of fused-ring (bicyclic) bond motifs is 3. The lowest BCUT2D eigenvalue weighted by molar-refractivity contribution is -0.214. The van der Waals surface area contributed by atoms with Crippen LogP contribution in [0.1, 0.15) is 142 Å². The Balaban J connectivity index is 1.07. The van der Waals surface area contributed by atoms with Crippen LogP contribution in [0, 0.1) is 58.7 Å². The van der Waals surface area contributed by atoms with Gasteiger partial charge in [-0.25, -0.2) is 0 Å². The topological polar surface area (TPSA) is 47.3 Å². The van der Waals surface area contributed by atoms with E-state index in [1.807, 2.05) is 5.57 Å².